The van der Waals surface area contributed by atoms with Gasteiger partial charge in [-0.15, -0.1) is 0 Å². The van der Waals surface area contributed by atoms with Crippen LogP contribution in [0.5, 0.6) is 0 Å². The van der Waals surface area contributed by atoms with E-state index in [0.717, 1.165) is 40.0 Å². The number of urea groups is 1. The molecule has 2 aliphatic rings. The summed E-state index contributed by atoms with van der Waals surface area (Å²) in [4.78, 5) is 44.8. The van der Waals surface area contributed by atoms with Gasteiger partial charge < -0.3 is 15.7 Å². The number of carboxylic acids is 1. The number of likely N-dealkylation sites (tertiary alicyclic amines) is 2. The van der Waals surface area contributed by atoms with Gasteiger partial charge >= 0.3 is 12.0 Å². The molecule has 0 spiro atoms. The number of pyridine rings is 1. The van der Waals surface area contributed by atoms with Gasteiger partial charge in [0, 0.05) is 25.2 Å². The molecule has 1 unspecified atom stereocenters. The van der Waals surface area contributed by atoms with Gasteiger partial charge in [-0.05, 0) is 53.6 Å². The monoisotopic (exact) mass is 484 g/mol. The quantitative estimate of drug-likeness (QED) is 0.532. The predicted molar refractivity (Wildman–Crippen MR) is 135 cm³/mol. The topological polar surface area (TPSA) is 117 Å². The summed E-state index contributed by atoms with van der Waals surface area (Å²) in [5, 5.41) is 9.84. The Hall–Kier alpha value is -4.20. The summed E-state index contributed by atoms with van der Waals surface area (Å²) in [5.41, 5.74) is 9.80. The first-order chi connectivity index (χ1) is 17.4. The zero-order valence-electron chi connectivity index (χ0n) is 19.8. The maximum absolute atomic E-state index is 13.4. The molecule has 2 aromatic carbocycles. The molecule has 8 heteroatoms. The minimum absolute atomic E-state index is 0.113. The number of rotatable bonds is 5. The Kier molecular flexibility index (Phi) is 6.41. The number of hydrogen-bond acceptors (Lipinski definition) is 5. The summed E-state index contributed by atoms with van der Waals surface area (Å²) in [6.45, 7) is 0.939. The molecule has 8 nitrogen and oxygen atoms in total. The lowest BCUT2D eigenvalue weighted by molar-refractivity contribution is -0.166. The molecule has 0 bridgehead atoms. The molecule has 2 fully saturated rings. The number of benzene rings is 2. The number of amides is 3. The molecule has 184 valence electrons. The van der Waals surface area contributed by atoms with Gasteiger partial charge in [0.25, 0.3) is 0 Å². The van der Waals surface area contributed by atoms with Gasteiger partial charge in [-0.2, -0.15) is 0 Å². The first-order valence-corrected chi connectivity index (χ1v) is 12.1. The molecule has 3 N–H and O–H groups in total. The van der Waals surface area contributed by atoms with Gasteiger partial charge in [0.1, 0.15) is 5.82 Å². The Morgan fingerprint density at radius 2 is 1.81 bits per heavy atom. The molecule has 5 rings (SSSR count). The van der Waals surface area contributed by atoms with Crippen LogP contribution >= 0.6 is 0 Å². The number of β-lactam (4-membered cyclic amide) rings is 1. The smallest absolute Gasteiger partial charge is 0.327 e. The zero-order valence-corrected chi connectivity index (χ0v) is 19.8. The first-order valence-electron chi connectivity index (χ1n) is 12.1. The van der Waals surface area contributed by atoms with E-state index < -0.39 is 29.9 Å². The molecular formula is C28H28N4O4. The molecule has 0 aliphatic carbocycles. The molecule has 1 aromatic heterocycles. The van der Waals surface area contributed by atoms with Gasteiger partial charge in [0.15, 0.2) is 6.04 Å². The average molecular weight is 485 g/mol. The van der Waals surface area contributed by atoms with E-state index in [2.05, 4.69) is 35.3 Å². The van der Waals surface area contributed by atoms with Crippen molar-refractivity contribution in [3.8, 4) is 11.1 Å². The van der Waals surface area contributed by atoms with Crippen LogP contribution in [0, 0.1) is 5.92 Å². The Bertz CT molecular complexity index is 1300. The van der Waals surface area contributed by atoms with Crippen molar-refractivity contribution in [3.63, 3.8) is 0 Å². The summed E-state index contributed by atoms with van der Waals surface area (Å²) in [7, 11) is 0. The molecule has 2 aliphatic heterocycles. The van der Waals surface area contributed by atoms with E-state index in [1.54, 1.807) is 17.0 Å². The number of aromatic nitrogens is 1. The third-order valence-electron chi connectivity index (χ3n) is 7.13. The van der Waals surface area contributed by atoms with E-state index in [0.29, 0.717) is 18.9 Å². The Labute approximate surface area is 209 Å². The summed E-state index contributed by atoms with van der Waals surface area (Å²) < 4.78 is 0. The molecule has 3 aromatic rings. The molecule has 3 amide bonds. The van der Waals surface area contributed by atoms with Crippen LogP contribution in [0.4, 0.5) is 10.6 Å². The molecule has 3 heterocycles. The number of nitrogen functional groups attached to an aromatic ring is 1. The highest BCUT2D eigenvalue weighted by atomic mass is 16.4. The average Bonchev–Trinajstić information content (AvgIpc) is 2.90. The number of aliphatic carboxylic acids is 1. The number of carbonyl (C=O) groups excluding carboxylic acids is 2. The van der Waals surface area contributed by atoms with E-state index >= 15 is 0 Å². The summed E-state index contributed by atoms with van der Waals surface area (Å²) in [6, 6.07) is 20.0. The van der Waals surface area contributed by atoms with E-state index in [1.807, 2.05) is 24.3 Å². The highest BCUT2D eigenvalue weighted by molar-refractivity contribution is 6.07. The molecular weight excluding hydrogens is 456 g/mol. The Morgan fingerprint density at radius 1 is 1.03 bits per heavy atom. The lowest BCUT2D eigenvalue weighted by atomic mass is 9.82. The second kappa shape index (κ2) is 9.81. The number of carboxylic acid groups (broad SMARTS) is 1. The Balaban J connectivity index is 1.30. The number of nitrogens with zero attached hydrogens (tertiary/aromatic N) is 3. The lowest BCUT2D eigenvalue weighted by Crippen LogP contribution is -2.69. The van der Waals surface area contributed by atoms with E-state index in [1.165, 1.54) is 6.20 Å². The van der Waals surface area contributed by atoms with Crippen molar-refractivity contribution < 1.29 is 19.5 Å². The van der Waals surface area contributed by atoms with Crippen LogP contribution in [0.2, 0.25) is 0 Å². The number of carbonyl (C=O) groups is 3. The Morgan fingerprint density at radius 3 is 2.56 bits per heavy atom. The standard InChI is InChI=1S/C28H28N4O4/c29-24-15-18(11-12-30-24)14-23-25(27(34)35)32(26(23)33)28(36)31-13-5-10-22(17-31)21-9-4-8-20(16-21)19-6-2-1-3-7-19/h1-4,6-9,11-12,15-16,22-23,25H,5,10,13-14,17H2,(H2,29,30)(H,34,35)/t22?,23-,25+/m1/s1. The predicted octanol–water partition coefficient (Wildman–Crippen LogP) is 3.78. The first kappa shape index (κ1) is 23.5. The number of imide groups is 1. The summed E-state index contributed by atoms with van der Waals surface area (Å²) in [6.07, 6.45) is 3.42. The maximum atomic E-state index is 13.4. The SMILES string of the molecule is Nc1cc(C[C@H]2C(=O)N(C(=O)N3CCCC(c4cccc(-c5ccccc5)c4)C3)[C@@H]2C(=O)O)ccn1. The van der Waals surface area contributed by atoms with Crippen molar-refractivity contribution in [1.29, 1.82) is 0 Å². The van der Waals surface area contributed by atoms with Crippen LogP contribution in [-0.2, 0) is 16.0 Å². The number of anilines is 1. The highest BCUT2D eigenvalue weighted by Crippen LogP contribution is 2.35. The fourth-order valence-electron chi connectivity index (χ4n) is 5.30. The number of nitrogens with two attached hydrogens (primary N) is 1. The minimum atomic E-state index is -1.19. The molecule has 3 atom stereocenters. The van der Waals surface area contributed by atoms with Gasteiger partial charge in [-0.25, -0.2) is 19.5 Å². The van der Waals surface area contributed by atoms with E-state index in [9.17, 15) is 19.5 Å². The second-order valence-corrected chi connectivity index (χ2v) is 9.45. The van der Waals surface area contributed by atoms with Crippen LogP contribution in [0.25, 0.3) is 11.1 Å². The van der Waals surface area contributed by atoms with E-state index in [4.69, 9.17) is 5.73 Å². The van der Waals surface area contributed by atoms with Crippen molar-refractivity contribution in [2.75, 3.05) is 18.8 Å². The largest absolute Gasteiger partial charge is 0.480 e. The van der Waals surface area contributed by atoms with Gasteiger partial charge in [-0.1, -0.05) is 54.6 Å². The van der Waals surface area contributed by atoms with Crippen molar-refractivity contribution in [1.82, 2.24) is 14.8 Å². The zero-order chi connectivity index (χ0) is 25.2. The van der Waals surface area contributed by atoms with E-state index in [-0.39, 0.29) is 12.3 Å². The summed E-state index contributed by atoms with van der Waals surface area (Å²) >= 11 is 0. The van der Waals surface area contributed by atoms with Gasteiger partial charge in [0.05, 0.1) is 5.92 Å². The fourth-order valence-corrected chi connectivity index (χ4v) is 5.30. The van der Waals surface area contributed by atoms with Gasteiger partial charge in [0.2, 0.25) is 5.91 Å². The van der Waals surface area contributed by atoms with Crippen molar-refractivity contribution in [2.45, 2.75) is 31.2 Å². The minimum Gasteiger partial charge on any atom is -0.480 e. The van der Waals surface area contributed by atoms with Crippen molar-refractivity contribution in [3.05, 3.63) is 84.1 Å². The van der Waals surface area contributed by atoms with Crippen LogP contribution in [0.15, 0.2) is 72.9 Å². The molecule has 36 heavy (non-hydrogen) atoms. The van der Waals surface area contributed by atoms with Crippen molar-refractivity contribution >= 4 is 23.7 Å². The molecule has 0 radical (unpaired) electrons. The third-order valence-corrected chi connectivity index (χ3v) is 7.13. The third kappa shape index (κ3) is 4.54. The number of hydrogen-bond donors (Lipinski definition) is 2. The van der Waals surface area contributed by atoms with Gasteiger partial charge in [-0.3, -0.25) is 4.79 Å². The molecule has 2 saturated heterocycles. The normalized spacial score (nSPS) is 21.7. The second-order valence-electron chi connectivity index (χ2n) is 9.45. The maximum Gasteiger partial charge on any atom is 0.327 e. The highest BCUT2D eigenvalue weighted by Gasteiger charge is 2.55. The van der Waals surface area contributed by atoms with Crippen LogP contribution in [0.3, 0.4) is 0 Å². The van der Waals surface area contributed by atoms with Crippen LogP contribution in [0.1, 0.15) is 29.9 Å². The van der Waals surface area contributed by atoms with Crippen LogP contribution < -0.4 is 5.73 Å². The fraction of sp³-hybridized carbons (Fsp3) is 0.286. The molecule has 0 saturated carbocycles. The summed E-state index contributed by atoms with van der Waals surface area (Å²) in [5.74, 6) is -2.04. The number of piperidine rings is 1. The lowest BCUT2D eigenvalue weighted by Gasteiger charge is -2.46. The van der Waals surface area contributed by atoms with Crippen LogP contribution in [-0.4, -0.2) is 56.9 Å². The van der Waals surface area contributed by atoms with Crippen molar-refractivity contribution in [2.24, 2.45) is 5.92 Å².